The first-order chi connectivity index (χ1) is 16.6. The minimum absolute atomic E-state index is 0.0245. The quantitative estimate of drug-likeness (QED) is 0.151. The summed E-state index contributed by atoms with van der Waals surface area (Å²) in [6.07, 6.45) is 1.39. The topological polar surface area (TPSA) is 103 Å². The molecule has 7 heteroatoms. The Kier molecular flexibility index (Phi) is 10.1. The summed E-state index contributed by atoms with van der Waals surface area (Å²) in [6.45, 7) is 2.78. The number of benzene rings is 3. The van der Waals surface area contributed by atoms with E-state index in [-0.39, 0.29) is 25.2 Å². The Morgan fingerprint density at radius 1 is 0.941 bits per heavy atom. The van der Waals surface area contributed by atoms with Crippen LogP contribution in [0.15, 0.2) is 78.9 Å². The molecule has 3 aromatic carbocycles. The highest BCUT2D eigenvalue weighted by Gasteiger charge is 2.18. The summed E-state index contributed by atoms with van der Waals surface area (Å²) in [5.41, 5.74) is 6.05. The first-order valence-corrected chi connectivity index (χ1v) is 11.5. The molecule has 1 amide bonds. The Morgan fingerprint density at radius 2 is 1.59 bits per heavy atom. The number of hydroxylamine groups is 1. The number of carbonyl (C=O) groups is 1. The summed E-state index contributed by atoms with van der Waals surface area (Å²) in [7, 11) is 0. The molecule has 3 aromatic rings. The molecule has 180 valence electrons. The molecular formula is C27H33N3O4. The van der Waals surface area contributed by atoms with Crippen molar-refractivity contribution < 1.29 is 19.8 Å². The zero-order valence-electron chi connectivity index (χ0n) is 19.4. The lowest BCUT2D eigenvalue weighted by Crippen LogP contribution is -2.55. The van der Waals surface area contributed by atoms with Gasteiger partial charge in [-0.05, 0) is 67.3 Å². The molecule has 0 saturated heterocycles. The number of carbonyl (C=O) groups excluding carboxylic acids is 1. The largest absolute Gasteiger partial charge is 0.491 e. The van der Waals surface area contributed by atoms with Gasteiger partial charge in [-0.1, -0.05) is 54.6 Å². The minimum Gasteiger partial charge on any atom is -0.491 e. The number of nitrogens with one attached hydrogen (secondary N) is 3. The van der Waals surface area contributed by atoms with Gasteiger partial charge in [0, 0.05) is 5.56 Å². The van der Waals surface area contributed by atoms with Gasteiger partial charge in [-0.25, -0.2) is 0 Å². The second-order valence-electron chi connectivity index (χ2n) is 8.09. The molecule has 0 saturated carbocycles. The van der Waals surface area contributed by atoms with E-state index < -0.39 is 6.17 Å². The van der Waals surface area contributed by atoms with Crippen molar-refractivity contribution in [3.63, 3.8) is 0 Å². The number of aliphatic hydroxyl groups excluding tert-OH is 1. The van der Waals surface area contributed by atoms with Gasteiger partial charge < -0.3 is 20.4 Å². The van der Waals surface area contributed by atoms with Crippen molar-refractivity contribution in [2.75, 3.05) is 19.8 Å². The van der Waals surface area contributed by atoms with Gasteiger partial charge in [0.2, 0.25) is 0 Å². The Labute approximate surface area is 200 Å². The number of aliphatic hydroxyl groups is 1. The fraction of sp³-hybridized carbons (Fsp3) is 0.296. The highest BCUT2D eigenvalue weighted by atomic mass is 16.5. The number of hydrogen-bond donors (Lipinski definition) is 5. The number of rotatable bonds is 13. The summed E-state index contributed by atoms with van der Waals surface area (Å²) in [6, 6.07) is 24.8. The van der Waals surface area contributed by atoms with Gasteiger partial charge in [0.25, 0.3) is 5.91 Å². The molecule has 5 N–H and O–H groups in total. The average molecular weight is 464 g/mol. The van der Waals surface area contributed by atoms with Crippen LogP contribution in [0.1, 0.15) is 29.3 Å². The molecule has 7 nitrogen and oxygen atoms in total. The summed E-state index contributed by atoms with van der Waals surface area (Å²) in [4.78, 5) is 12.7. The summed E-state index contributed by atoms with van der Waals surface area (Å²) >= 11 is 0. The number of amides is 1. The lowest BCUT2D eigenvalue weighted by molar-refractivity contribution is 0.0790. The van der Waals surface area contributed by atoms with Crippen molar-refractivity contribution >= 4 is 5.91 Å². The van der Waals surface area contributed by atoms with E-state index in [0.717, 1.165) is 24.0 Å². The van der Waals surface area contributed by atoms with Crippen molar-refractivity contribution in [1.29, 1.82) is 0 Å². The lowest BCUT2D eigenvalue weighted by Gasteiger charge is -2.25. The number of hydrogen-bond acceptors (Lipinski definition) is 6. The van der Waals surface area contributed by atoms with Crippen LogP contribution < -0.4 is 20.9 Å². The molecule has 0 aliphatic rings. The maximum atomic E-state index is 12.7. The third-order valence-electron chi connectivity index (χ3n) is 5.54. The second-order valence-corrected chi connectivity index (χ2v) is 8.09. The molecule has 2 atom stereocenters. The van der Waals surface area contributed by atoms with Crippen molar-refractivity contribution in [2.24, 2.45) is 0 Å². The fourth-order valence-corrected chi connectivity index (χ4v) is 3.62. The van der Waals surface area contributed by atoms with Crippen LogP contribution >= 0.6 is 0 Å². The standard InChI is InChI=1S/C27H33N3O4/c1-20(26(30-33)28-17-5-8-21-6-3-2-4-7-21)29-27(32)24-11-9-22(10-12-24)23-13-15-25(16-14-23)34-19-18-31/h2-4,6-7,9-16,20,26,28,30-31,33H,5,8,17-19H2,1H3,(H,29,32). The molecule has 0 heterocycles. The first kappa shape index (κ1) is 25.4. The monoisotopic (exact) mass is 463 g/mol. The van der Waals surface area contributed by atoms with E-state index in [0.29, 0.717) is 17.9 Å². The second kappa shape index (κ2) is 13.5. The minimum atomic E-state index is -0.467. The van der Waals surface area contributed by atoms with E-state index >= 15 is 0 Å². The van der Waals surface area contributed by atoms with E-state index in [4.69, 9.17) is 9.84 Å². The van der Waals surface area contributed by atoms with Crippen LogP contribution in [0.5, 0.6) is 5.75 Å². The molecule has 3 rings (SSSR count). The normalized spacial score (nSPS) is 12.7. The van der Waals surface area contributed by atoms with E-state index in [1.54, 1.807) is 12.1 Å². The lowest BCUT2D eigenvalue weighted by atomic mass is 10.0. The third-order valence-corrected chi connectivity index (χ3v) is 5.54. The molecule has 34 heavy (non-hydrogen) atoms. The maximum Gasteiger partial charge on any atom is 0.251 e. The van der Waals surface area contributed by atoms with Crippen LogP contribution in [0.25, 0.3) is 11.1 Å². The van der Waals surface area contributed by atoms with Crippen LogP contribution in [0, 0.1) is 0 Å². The molecule has 0 fully saturated rings. The van der Waals surface area contributed by atoms with Crippen LogP contribution in [0.3, 0.4) is 0 Å². The third kappa shape index (κ3) is 7.67. The molecule has 0 radical (unpaired) electrons. The van der Waals surface area contributed by atoms with Gasteiger partial charge >= 0.3 is 0 Å². The van der Waals surface area contributed by atoms with Crippen molar-refractivity contribution in [3.05, 3.63) is 90.0 Å². The van der Waals surface area contributed by atoms with Gasteiger partial charge in [0.1, 0.15) is 18.5 Å². The zero-order valence-corrected chi connectivity index (χ0v) is 19.4. The van der Waals surface area contributed by atoms with Crippen molar-refractivity contribution in [1.82, 2.24) is 16.1 Å². The Bertz CT molecular complexity index is 995. The van der Waals surface area contributed by atoms with Gasteiger partial charge in [0.05, 0.1) is 12.6 Å². The smallest absolute Gasteiger partial charge is 0.251 e. The molecular weight excluding hydrogens is 430 g/mol. The van der Waals surface area contributed by atoms with Crippen molar-refractivity contribution in [2.45, 2.75) is 32.0 Å². The van der Waals surface area contributed by atoms with E-state index in [1.165, 1.54) is 5.56 Å². The zero-order chi connectivity index (χ0) is 24.2. The highest BCUT2D eigenvalue weighted by Crippen LogP contribution is 2.23. The van der Waals surface area contributed by atoms with E-state index in [9.17, 15) is 10.0 Å². The summed E-state index contributed by atoms with van der Waals surface area (Å²) in [5, 5.41) is 24.6. The first-order valence-electron chi connectivity index (χ1n) is 11.5. The average Bonchev–Trinajstić information content (AvgIpc) is 2.88. The van der Waals surface area contributed by atoms with Crippen molar-refractivity contribution in [3.8, 4) is 16.9 Å². The van der Waals surface area contributed by atoms with Gasteiger partial charge in [0.15, 0.2) is 0 Å². The Morgan fingerprint density at radius 3 is 2.21 bits per heavy atom. The molecule has 0 bridgehead atoms. The maximum absolute atomic E-state index is 12.7. The predicted octanol–water partition coefficient (Wildman–Crippen LogP) is 3.37. The number of aryl methyl sites for hydroxylation is 1. The number of ether oxygens (including phenoxy) is 1. The van der Waals surface area contributed by atoms with Crippen LogP contribution in [0.2, 0.25) is 0 Å². The Hall–Kier alpha value is -3.23. The molecule has 0 aliphatic carbocycles. The van der Waals surface area contributed by atoms with E-state index in [2.05, 4.69) is 28.2 Å². The van der Waals surface area contributed by atoms with Gasteiger partial charge in [-0.3, -0.25) is 10.1 Å². The SMILES string of the molecule is CC(NC(=O)c1ccc(-c2ccc(OCCO)cc2)cc1)C(NO)NCCCc1ccccc1. The molecule has 0 spiro atoms. The van der Waals surface area contributed by atoms with Crippen LogP contribution in [-0.2, 0) is 6.42 Å². The molecule has 0 aromatic heterocycles. The Balaban J connectivity index is 1.48. The predicted molar refractivity (Wildman–Crippen MR) is 133 cm³/mol. The van der Waals surface area contributed by atoms with Crippen LogP contribution in [-0.4, -0.2) is 48.2 Å². The van der Waals surface area contributed by atoms with Gasteiger partial charge in [-0.15, -0.1) is 0 Å². The van der Waals surface area contributed by atoms with Gasteiger partial charge in [-0.2, -0.15) is 5.48 Å². The van der Waals surface area contributed by atoms with E-state index in [1.807, 2.05) is 61.5 Å². The highest BCUT2D eigenvalue weighted by molar-refractivity contribution is 5.94. The fourth-order valence-electron chi connectivity index (χ4n) is 3.62. The summed E-state index contributed by atoms with van der Waals surface area (Å²) < 4.78 is 5.38. The summed E-state index contributed by atoms with van der Waals surface area (Å²) in [5.74, 6) is 0.488. The molecule has 0 aliphatic heterocycles. The molecule has 2 unspecified atom stereocenters. The van der Waals surface area contributed by atoms with Crippen LogP contribution in [0.4, 0.5) is 0 Å².